The van der Waals surface area contributed by atoms with E-state index in [0.717, 1.165) is 5.56 Å². The van der Waals surface area contributed by atoms with Crippen LogP contribution in [-0.4, -0.2) is 40.5 Å². The fourth-order valence-corrected chi connectivity index (χ4v) is 1.96. The van der Waals surface area contributed by atoms with Gasteiger partial charge in [0.1, 0.15) is 0 Å². The predicted molar refractivity (Wildman–Crippen MR) is 82.3 cm³/mol. The Hall–Kier alpha value is -1.59. The van der Waals surface area contributed by atoms with Gasteiger partial charge in [0.05, 0.1) is 13.1 Å². The molecule has 0 spiro atoms. The smallest absolute Gasteiger partial charge is 0.317 e. The van der Waals surface area contributed by atoms with E-state index in [4.69, 9.17) is 16.7 Å². The molecule has 0 radical (unpaired) electrons. The third kappa shape index (κ3) is 6.14. The summed E-state index contributed by atoms with van der Waals surface area (Å²) in [6.07, 6.45) is 0. The van der Waals surface area contributed by atoms with Gasteiger partial charge in [-0.2, -0.15) is 0 Å². The van der Waals surface area contributed by atoms with Crippen molar-refractivity contribution in [1.82, 2.24) is 10.2 Å². The number of nitrogens with one attached hydrogen (secondary N) is 1. The third-order valence-electron chi connectivity index (χ3n) is 3.04. The molecule has 1 aromatic rings. The van der Waals surface area contributed by atoms with Crippen molar-refractivity contribution in [3.05, 3.63) is 34.9 Å². The first kappa shape index (κ1) is 17.5. The fourth-order valence-electron chi connectivity index (χ4n) is 1.76. The van der Waals surface area contributed by atoms with Crippen LogP contribution in [0.5, 0.6) is 0 Å². The summed E-state index contributed by atoms with van der Waals surface area (Å²) < 4.78 is 0. The normalized spacial score (nSPS) is 11.5. The summed E-state index contributed by atoms with van der Waals surface area (Å²) in [5, 5.41) is 12.3. The Morgan fingerprint density at radius 1 is 1.24 bits per heavy atom. The Bertz CT molecular complexity index is 512. The Balaban J connectivity index is 2.58. The van der Waals surface area contributed by atoms with Crippen LogP contribution in [-0.2, 0) is 16.1 Å². The summed E-state index contributed by atoms with van der Waals surface area (Å²) in [5.74, 6) is -1.19. The number of nitrogens with zero attached hydrogens (tertiary/aromatic N) is 1. The molecule has 0 aliphatic rings. The van der Waals surface area contributed by atoms with Crippen molar-refractivity contribution >= 4 is 23.5 Å². The molecule has 0 bridgehead atoms. The molecule has 1 aromatic carbocycles. The first-order chi connectivity index (χ1) is 9.70. The van der Waals surface area contributed by atoms with Crippen molar-refractivity contribution in [2.24, 2.45) is 0 Å². The molecule has 0 saturated heterocycles. The highest BCUT2D eigenvalue weighted by Gasteiger charge is 2.25. The van der Waals surface area contributed by atoms with Crippen LogP contribution in [0.3, 0.4) is 0 Å². The maximum atomic E-state index is 12.0. The van der Waals surface area contributed by atoms with Gasteiger partial charge in [0.2, 0.25) is 5.91 Å². The molecule has 1 amide bonds. The lowest BCUT2D eigenvalue weighted by molar-refractivity contribution is -0.140. The number of aliphatic carboxylic acids is 1. The lowest BCUT2D eigenvalue weighted by atomic mass is 10.1. The van der Waals surface area contributed by atoms with Gasteiger partial charge in [-0.15, -0.1) is 0 Å². The molecule has 0 aliphatic carbocycles. The Kier molecular flexibility index (Phi) is 6.18. The summed E-state index contributed by atoms with van der Waals surface area (Å²) in [6, 6.07) is 7.26. The topological polar surface area (TPSA) is 69.6 Å². The predicted octanol–water partition coefficient (Wildman–Crippen LogP) is 2.14. The number of carbonyl (C=O) groups is 2. The van der Waals surface area contributed by atoms with Crippen molar-refractivity contribution < 1.29 is 14.7 Å². The van der Waals surface area contributed by atoms with Crippen molar-refractivity contribution in [1.29, 1.82) is 0 Å². The summed E-state index contributed by atoms with van der Waals surface area (Å²) >= 11 is 6.02. The van der Waals surface area contributed by atoms with Gasteiger partial charge in [0, 0.05) is 17.1 Å². The second-order valence-corrected chi connectivity index (χ2v) is 6.20. The zero-order valence-electron chi connectivity index (χ0n) is 12.5. The van der Waals surface area contributed by atoms with Crippen LogP contribution < -0.4 is 5.32 Å². The quantitative estimate of drug-likeness (QED) is 0.844. The molecule has 116 valence electrons. The van der Waals surface area contributed by atoms with Crippen LogP contribution in [0.15, 0.2) is 24.3 Å². The Labute approximate surface area is 129 Å². The van der Waals surface area contributed by atoms with Gasteiger partial charge in [0.15, 0.2) is 0 Å². The second kappa shape index (κ2) is 7.43. The molecule has 0 aliphatic heterocycles. The van der Waals surface area contributed by atoms with Crippen LogP contribution in [0.2, 0.25) is 5.02 Å². The number of carboxylic acid groups (broad SMARTS) is 1. The van der Waals surface area contributed by atoms with Gasteiger partial charge >= 0.3 is 5.97 Å². The van der Waals surface area contributed by atoms with Gasteiger partial charge in [-0.25, -0.2) is 0 Å². The highest BCUT2D eigenvalue weighted by molar-refractivity contribution is 6.31. The highest BCUT2D eigenvalue weighted by atomic mass is 35.5. The standard InChI is InChI=1S/C15H21ClN2O3/c1-15(2,3)18(10-14(20)21)9-13(19)17-8-11-6-4-5-7-12(11)16/h4-7H,8-10H2,1-3H3,(H,17,19)(H,20,21). The molecule has 1 rings (SSSR count). The van der Waals surface area contributed by atoms with E-state index in [1.54, 1.807) is 11.0 Å². The van der Waals surface area contributed by atoms with Crippen molar-refractivity contribution in [3.63, 3.8) is 0 Å². The maximum absolute atomic E-state index is 12.0. The van der Waals surface area contributed by atoms with Crippen molar-refractivity contribution in [3.8, 4) is 0 Å². The van der Waals surface area contributed by atoms with Crippen LogP contribution in [0.25, 0.3) is 0 Å². The lowest BCUT2D eigenvalue weighted by Gasteiger charge is -2.33. The average Bonchev–Trinajstić information content (AvgIpc) is 2.35. The summed E-state index contributed by atoms with van der Waals surface area (Å²) in [6.45, 7) is 5.79. The molecule has 0 heterocycles. The number of carbonyl (C=O) groups excluding carboxylic acids is 1. The largest absolute Gasteiger partial charge is 0.480 e. The van der Waals surface area contributed by atoms with Gasteiger partial charge < -0.3 is 10.4 Å². The molecule has 21 heavy (non-hydrogen) atoms. The zero-order valence-corrected chi connectivity index (χ0v) is 13.3. The fraction of sp³-hybridized carbons (Fsp3) is 0.467. The molecule has 2 N–H and O–H groups in total. The zero-order chi connectivity index (χ0) is 16.0. The molecule has 0 atom stereocenters. The minimum absolute atomic E-state index is 0.0280. The lowest BCUT2D eigenvalue weighted by Crippen LogP contribution is -2.49. The van der Waals surface area contributed by atoms with Crippen LogP contribution >= 0.6 is 11.6 Å². The van der Waals surface area contributed by atoms with Gasteiger partial charge in [-0.3, -0.25) is 14.5 Å². The first-order valence-corrected chi connectivity index (χ1v) is 7.05. The van der Waals surface area contributed by atoms with Gasteiger partial charge in [-0.05, 0) is 32.4 Å². The third-order valence-corrected chi connectivity index (χ3v) is 3.41. The maximum Gasteiger partial charge on any atom is 0.317 e. The summed E-state index contributed by atoms with van der Waals surface area (Å²) in [7, 11) is 0. The highest BCUT2D eigenvalue weighted by Crippen LogP contribution is 2.15. The van der Waals surface area contributed by atoms with E-state index in [2.05, 4.69) is 5.32 Å². The van der Waals surface area contributed by atoms with Crippen molar-refractivity contribution in [2.45, 2.75) is 32.9 Å². The number of rotatable bonds is 6. The molecule has 5 nitrogen and oxygen atoms in total. The molecule has 0 fully saturated rings. The SMILES string of the molecule is CC(C)(C)N(CC(=O)O)CC(=O)NCc1ccccc1Cl. The van der Waals surface area contributed by atoms with E-state index in [-0.39, 0.29) is 19.0 Å². The molecular weight excluding hydrogens is 292 g/mol. The van der Waals surface area contributed by atoms with E-state index >= 15 is 0 Å². The van der Waals surface area contributed by atoms with Gasteiger partial charge in [-0.1, -0.05) is 29.8 Å². The van der Waals surface area contributed by atoms with E-state index in [9.17, 15) is 9.59 Å². The van der Waals surface area contributed by atoms with E-state index in [0.29, 0.717) is 11.6 Å². The molecule has 0 aromatic heterocycles. The average molecular weight is 313 g/mol. The number of halogens is 1. The number of benzene rings is 1. The number of hydrogen-bond acceptors (Lipinski definition) is 3. The molecular formula is C15H21ClN2O3. The summed E-state index contributed by atoms with van der Waals surface area (Å²) in [4.78, 5) is 24.5. The number of amides is 1. The van der Waals surface area contributed by atoms with E-state index in [1.165, 1.54) is 0 Å². The number of carboxylic acids is 1. The minimum atomic E-state index is -0.955. The van der Waals surface area contributed by atoms with Crippen LogP contribution in [0, 0.1) is 0 Å². The van der Waals surface area contributed by atoms with Crippen LogP contribution in [0.4, 0.5) is 0 Å². The Morgan fingerprint density at radius 3 is 2.38 bits per heavy atom. The molecule has 0 unspecified atom stereocenters. The minimum Gasteiger partial charge on any atom is -0.480 e. The van der Waals surface area contributed by atoms with E-state index < -0.39 is 11.5 Å². The first-order valence-electron chi connectivity index (χ1n) is 6.67. The second-order valence-electron chi connectivity index (χ2n) is 5.79. The monoisotopic (exact) mass is 312 g/mol. The Morgan fingerprint density at radius 2 is 1.86 bits per heavy atom. The van der Waals surface area contributed by atoms with Gasteiger partial charge in [0.25, 0.3) is 0 Å². The molecule has 6 heteroatoms. The van der Waals surface area contributed by atoms with E-state index in [1.807, 2.05) is 39.0 Å². The number of hydrogen-bond donors (Lipinski definition) is 2. The van der Waals surface area contributed by atoms with Crippen LogP contribution in [0.1, 0.15) is 26.3 Å². The molecule has 0 saturated carbocycles. The van der Waals surface area contributed by atoms with Crippen molar-refractivity contribution in [2.75, 3.05) is 13.1 Å². The summed E-state index contributed by atoms with van der Waals surface area (Å²) in [5.41, 5.74) is 0.424.